The normalized spacial score (nSPS) is 17.6. The van der Waals surface area contributed by atoms with E-state index >= 15 is 0 Å². The number of benzene rings is 3. The molecule has 0 saturated carbocycles. The van der Waals surface area contributed by atoms with Crippen LogP contribution in [-0.4, -0.2) is 30.8 Å². The molecule has 0 fully saturated rings. The molecule has 0 aliphatic carbocycles. The van der Waals surface area contributed by atoms with Crippen LogP contribution in [0.5, 0.6) is 17.2 Å². The molecule has 6 rings (SSSR count). The monoisotopic (exact) mass is 551 g/mol. The fourth-order valence-electron chi connectivity index (χ4n) is 4.81. The molecule has 0 saturated heterocycles. The molecule has 3 heterocycles. The number of nitrogens with zero attached hydrogens (tertiary/aromatic N) is 1. The molecular formula is C28H23BrFNO5. The summed E-state index contributed by atoms with van der Waals surface area (Å²) in [5.74, 6) is 1.83. The van der Waals surface area contributed by atoms with Gasteiger partial charge in [-0.3, -0.25) is 9.69 Å². The highest BCUT2D eigenvalue weighted by Gasteiger charge is 2.35. The van der Waals surface area contributed by atoms with Crippen molar-refractivity contribution in [2.24, 2.45) is 0 Å². The predicted molar refractivity (Wildman–Crippen MR) is 135 cm³/mol. The number of fused-ring (bicyclic) bond motifs is 4. The van der Waals surface area contributed by atoms with E-state index in [0.717, 1.165) is 51.0 Å². The van der Waals surface area contributed by atoms with Crippen molar-refractivity contribution in [2.45, 2.75) is 26.5 Å². The summed E-state index contributed by atoms with van der Waals surface area (Å²) >= 11 is 3.53. The van der Waals surface area contributed by atoms with Crippen molar-refractivity contribution in [2.75, 3.05) is 20.1 Å². The first-order valence-electron chi connectivity index (χ1n) is 11.7. The first-order chi connectivity index (χ1) is 17.5. The Labute approximate surface area is 216 Å². The first-order valence-corrected chi connectivity index (χ1v) is 12.5. The zero-order valence-electron chi connectivity index (χ0n) is 19.6. The van der Waals surface area contributed by atoms with Gasteiger partial charge in [-0.1, -0.05) is 28.1 Å². The highest BCUT2D eigenvalue weighted by atomic mass is 79.9. The van der Waals surface area contributed by atoms with E-state index in [4.69, 9.17) is 18.9 Å². The number of aryl methyl sites for hydroxylation is 1. The van der Waals surface area contributed by atoms with Crippen molar-refractivity contribution < 1.29 is 28.1 Å². The second-order valence-electron chi connectivity index (χ2n) is 9.11. The lowest BCUT2D eigenvalue weighted by Gasteiger charge is -2.30. The maximum absolute atomic E-state index is 13.4. The number of hydrogen-bond donors (Lipinski definition) is 0. The molecule has 0 radical (unpaired) electrons. The van der Waals surface area contributed by atoms with Gasteiger partial charge in [-0.15, -0.1) is 0 Å². The molecule has 0 amide bonds. The quantitative estimate of drug-likeness (QED) is 0.383. The summed E-state index contributed by atoms with van der Waals surface area (Å²) in [5, 5.41) is 0. The summed E-state index contributed by atoms with van der Waals surface area (Å²) in [4.78, 5) is 15.6. The van der Waals surface area contributed by atoms with Gasteiger partial charge in [0.2, 0.25) is 5.78 Å². The van der Waals surface area contributed by atoms with Crippen LogP contribution in [0.4, 0.5) is 4.39 Å². The van der Waals surface area contributed by atoms with Crippen LogP contribution in [0.3, 0.4) is 0 Å². The largest absolute Gasteiger partial charge is 0.478 e. The summed E-state index contributed by atoms with van der Waals surface area (Å²) in [7, 11) is 0. The van der Waals surface area contributed by atoms with E-state index in [2.05, 4.69) is 20.8 Å². The Bertz CT molecular complexity index is 1400. The number of carbonyl (C=O) groups excluding carboxylic acids is 1. The third-order valence-corrected chi connectivity index (χ3v) is 7.07. The SMILES string of the molecule is Cc1cc2c(c3c1C(=O)/C(=C\c1cc(Br)cc4c1OCOC4)O3)CN(CCc1ccc(F)cc1)CO2. The number of ketones is 1. The second kappa shape index (κ2) is 9.35. The Balaban J connectivity index is 1.28. The topological polar surface area (TPSA) is 57.2 Å². The zero-order chi connectivity index (χ0) is 24.8. The van der Waals surface area contributed by atoms with Crippen molar-refractivity contribution in [3.63, 3.8) is 0 Å². The summed E-state index contributed by atoms with van der Waals surface area (Å²) in [6, 6.07) is 12.3. The number of hydrogen-bond acceptors (Lipinski definition) is 6. The summed E-state index contributed by atoms with van der Waals surface area (Å²) in [6.45, 7) is 4.26. The van der Waals surface area contributed by atoms with Crippen molar-refractivity contribution >= 4 is 27.8 Å². The molecule has 0 N–H and O–H groups in total. The molecule has 184 valence electrons. The minimum atomic E-state index is -0.242. The molecule has 0 atom stereocenters. The fraction of sp³-hybridized carbons (Fsp3) is 0.250. The molecule has 3 aliphatic heterocycles. The molecule has 3 aromatic carbocycles. The zero-order valence-corrected chi connectivity index (χ0v) is 21.2. The van der Waals surface area contributed by atoms with E-state index in [1.807, 2.05) is 25.1 Å². The lowest BCUT2D eigenvalue weighted by Crippen LogP contribution is -2.33. The molecule has 6 nitrogen and oxygen atoms in total. The minimum Gasteiger partial charge on any atom is -0.478 e. The molecule has 0 unspecified atom stereocenters. The Morgan fingerprint density at radius 1 is 1.11 bits per heavy atom. The van der Waals surface area contributed by atoms with Crippen LogP contribution >= 0.6 is 15.9 Å². The van der Waals surface area contributed by atoms with E-state index in [1.165, 1.54) is 12.1 Å². The Kier molecular flexibility index (Phi) is 6.03. The molecule has 3 aromatic rings. The van der Waals surface area contributed by atoms with Crippen LogP contribution in [0.15, 0.2) is 52.7 Å². The van der Waals surface area contributed by atoms with Crippen molar-refractivity contribution in [1.29, 1.82) is 0 Å². The van der Waals surface area contributed by atoms with Crippen LogP contribution < -0.4 is 14.2 Å². The van der Waals surface area contributed by atoms with E-state index < -0.39 is 0 Å². The number of carbonyl (C=O) groups is 1. The highest BCUT2D eigenvalue weighted by Crippen LogP contribution is 2.44. The number of ether oxygens (including phenoxy) is 4. The van der Waals surface area contributed by atoms with Crippen LogP contribution in [0.1, 0.15) is 38.2 Å². The van der Waals surface area contributed by atoms with Gasteiger partial charge in [0.15, 0.2) is 12.6 Å². The Morgan fingerprint density at radius 3 is 2.78 bits per heavy atom. The molecule has 0 aromatic heterocycles. The van der Waals surface area contributed by atoms with Gasteiger partial charge in [0.05, 0.1) is 17.7 Å². The van der Waals surface area contributed by atoms with Crippen LogP contribution in [0.2, 0.25) is 0 Å². The number of halogens is 2. The van der Waals surface area contributed by atoms with Crippen LogP contribution in [0, 0.1) is 12.7 Å². The Morgan fingerprint density at radius 2 is 1.94 bits per heavy atom. The third kappa shape index (κ3) is 4.30. The second-order valence-corrected chi connectivity index (χ2v) is 10.0. The summed E-state index contributed by atoms with van der Waals surface area (Å²) < 4.78 is 37.5. The van der Waals surface area contributed by atoms with Crippen LogP contribution in [-0.2, 0) is 24.3 Å². The van der Waals surface area contributed by atoms with E-state index in [0.29, 0.717) is 36.9 Å². The number of allylic oxidation sites excluding steroid dienone is 1. The van der Waals surface area contributed by atoms with Gasteiger partial charge < -0.3 is 18.9 Å². The van der Waals surface area contributed by atoms with Gasteiger partial charge in [0, 0.05) is 28.7 Å². The van der Waals surface area contributed by atoms with Gasteiger partial charge in [-0.25, -0.2) is 4.39 Å². The standard InChI is InChI=1S/C28H23BrFNO5/c1-16-8-23-22(12-31(14-34-23)7-6-17-2-4-21(30)5-3-17)28-25(16)26(32)24(36-28)11-18-9-20(29)10-19-13-33-15-35-27(18)19/h2-5,8-11H,6-7,12-15H2,1H3/b24-11+. The molecule has 0 bridgehead atoms. The molecule has 0 spiro atoms. The van der Waals surface area contributed by atoms with Gasteiger partial charge >= 0.3 is 0 Å². The Hall–Kier alpha value is -3.20. The number of rotatable bonds is 4. The highest BCUT2D eigenvalue weighted by molar-refractivity contribution is 9.10. The summed E-state index contributed by atoms with van der Waals surface area (Å²) in [5.41, 5.74) is 4.96. The van der Waals surface area contributed by atoms with E-state index in [9.17, 15) is 9.18 Å². The van der Waals surface area contributed by atoms with Gasteiger partial charge in [0.1, 0.15) is 29.8 Å². The lowest BCUT2D eigenvalue weighted by atomic mass is 9.98. The van der Waals surface area contributed by atoms with Crippen LogP contribution in [0.25, 0.3) is 6.08 Å². The van der Waals surface area contributed by atoms with E-state index in [1.54, 1.807) is 18.2 Å². The lowest BCUT2D eigenvalue weighted by molar-refractivity contribution is -0.0165. The maximum atomic E-state index is 13.4. The first kappa shape index (κ1) is 23.2. The smallest absolute Gasteiger partial charge is 0.232 e. The van der Waals surface area contributed by atoms with Crippen molar-refractivity contribution in [1.82, 2.24) is 4.90 Å². The fourth-order valence-corrected chi connectivity index (χ4v) is 5.34. The molecule has 3 aliphatic rings. The van der Waals surface area contributed by atoms with Gasteiger partial charge in [-0.2, -0.15) is 0 Å². The van der Waals surface area contributed by atoms with Gasteiger partial charge in [-0.05, 0) is 60.9 Å². The molecule has 36 heavy (non-hydrogen) atoms. The predicted octanol–water partition coefficient (Wildman–Crippen LogP) is 5.77. The maximum Gasteiger partial charge on any atom is 0.232 e. The number of Topliss-reactive ketones (excluding diaryl/α,β-unsaturated/α-hetero) is 1. The third-order valence-electron chi connectivity index (χ3n) is 6.61. The van der Waals surface area contributed by atoms with Crippen molar-refractivity contribution in [3.8, 4) is 17.2 Å². The van der Waals surface area contributed by atoms with Crippen molar-refractivity contribution in [3.05, 3.63) is 91.9 Å². The van der Waals surface area contributed by atoms with Gasteiger partial charge in [0.25, 0.3) is 0 Å². The summed E-state index contributed by atoms with van der Waals surface area (Å²) in [6.07, 6.45) is 2.49. The average molecular weight is 552 g/mol. The average Bonchev–Trinajstić information content (AvgIpc) is 3.20. The molecular weight excluding hydrogens is 529 g/mol. The van der Waals surface area contributed by atoms with E-state index in [-0.39, 0.29) is 24.2 Å². The molecule has 8 heteroatoms. The minimum absolute atomic E-state index is 0.158.